The van der Waals surface area contributed by atoms with Gasteiger partial charge in [-0.25, -0.2) is 26.1 Å². The van der Waals surface area contributed by atoms with Crippen molar-refractivity contribution in [2.24, 2.45) is 0 Å². The van der Waals surface area contributed by atoms with Crippen LogP contribution < -0.4 is 19.6 Å². The summed E-state index contributed by atoms with van der Waals surface area (Å²) in [7, 11) is -12.7. The maximum Gasteiger partial charge on any atom is 0.367 e. The normalized spacial score (nSPS) is 13.4. The lowest BCUT2D eigenvalue weighted by Crippen LogP contribution is -2.29. The fraction of sp³-hybridized carbons (Fsp3) is 0.382. The van der Waals surface area contributed by atoms with E-state index < -0.39 is 37.6 Å². The summed E-state index contributed by atoms with van der Waals surface area (Å²) in [6, 6.07) is 14.6. The van der Waals surface area contributed by atoms with Crippen molar-refractivity contribution in [2.75, 3.05) is 44.4 Å². The van der Waals surface area contributed by atoms with E-state index >= 15 is 0 Å². The highest BCUT2D eigenvalue weighted by Gasteiger charge is 2.26. The molecule has 0 amide bonds. The maximum atomic E-state index is 13.6. The monoisotopic (exact) mass is 776 g/mol. The molecule has 3 aromatic rings. The Morgan fingerprint density at radius 2 is 1.71 bits per heavy atom. The largest absolute Gasteiger partial charge is 0.744 e. The van der Waals surface area contributed by atoms with Crippen molar-refractivity contribution in [3.63, 3.8) is 0 Å². The number of aryl methyl sites for hydroxylation is 1. The van der Waals surface area contributed by atoms with Crippen LogP contribution >= 0.6 is 7.68 Å². The highest BCUT2D eigenvalue weighted by atomic mass is 32.2. The molecule has 1 atom stereocenters. The number of nitrogens with one attached hydrogen (secondary N) is 1. The Kier molecular flexibility index (Phi) is 12.0. The van der Waals surface area contributed by atoms with Gasteiger partial charge in [-0.15, -0.1) is 5.10 Å². The average molecular weight is 777 g/mol. The fourth-order valence-electron chi connectivity index (χ4n) is 6.11. The first-order valence-electron chi connectivity index (χ1n) is 16.8. The lowest BCUT2D eigenvalue weighted by molar-refractivity contribution is 0.353. The van der Waals surface area contributed by atoms with E-state index in [9.17, 15) is 30.2 Å². The van der Waals surface area contributed by atoms with Gasteiger partial charge in [0.2, 0.25) is 15.4 Å². The van der Waals surface area contributed by atoms with Crippen molar-refractivity contribution in [1.82, 2.24) is 24.3 Å². The lowest BCUT2D eigenvalue weighted by atomic mass is 9.93. The van der Waals surface area contributed by atoms with Crippen LogP contribution in [-0.4, -0.2) is 75.8 Å². The van der Waals surface area contributed by atoms with E-state index in [1.165, 1.54) is 23.0 Å². The number of sulfonamides is 1. The van der Waals surface area contributed by atoms with Crippen LogP contribution in [-0.2, 0) is 42.3 Å². The van der Waals surface area contributed by atoms with Gasteiger partial charge in [-0.05, 0) is 64.4 Å². The van der Waals surface area contributed by atoms with Crippen molar-refractivity contribution in [3.8, 4) is 22.5 Å². The van der Waals surface area contributed by atoms with Crippen LogP contribution in [0.15, 0.2) is 75.0 Å². The number of benzene rings is 3. The number of hydrogen-bond donors (Lipinski definition) is 1. The summed E-state index contributed by atoms with van der Waals surface area (Å²) in [4.78, 5) is 0.981. The summed E-state index contributed by atoms with van der Waals surface area (Å²) in [6.07, 6.45) is 1.26. The summed E-state index contributed by atoms with van der Waals surface area (Å²) >= 11 is 0. The first-order chi connectivity index (χ1) is 24.6. The molecule has 0 saturated carbocycles. The van der Waals surface area contributed by atoms with Gasteiger partial charge in [0, 0.05) is 72.8 Å². The Hall–Kier alpha value is -3.99. The van der Waals surface area contributed by atoms with E-state index in [0.29, 0.717) is 27.9 Å². The van der Waals surface area contributed by atoms with Gasteiger partial charge in [0.25, 0.3) is 0 Å². The molecule has 1 aromatic heterocycles. The van der Waals surface area contributed by atoms with Gasteiger partial charge in [0.15, 0.2) is 0 Å². The summed E-state index contributed by atoms with van der Waals surface area (Å²) < 4.78 is 107. The molecule has 5 rings (SSSR count). The third-order valence-electron chi connectivity index (χ3n) is 8.86. The number of halogens is 1. The lowest BCUT2D eigenvalue weighted by Gasteiger charge is -2.23. The molecule has 18 heteroatoms. The first kappa shape index (κ1) is 39.2. The van der Waals surface area contributed by atoms with Gasteiger partial charge in [0.1, 0.15) is 34.6 Å². The number of anilines is 1. The summed E-state index contributed by atoms with van der Waals surface area (Å²) in [5, 5.41) is 9.21. The maximum absolute atomic E-state index is 13.6. The molecule has 1 N–H and O–H groups in total. The molecule has 2 heterocycles. The highest BCUT2D eigenvalue weighted by Crippen LogP contribution is 2.48. The van der Waals surface area contributed by atoms with Crippen molar-refractivity contribution in [1.29, 1.82) is 0 Å². The van der Waals surface area contributed by atoms with E-state index in [4.69, 9.17) is 4.42 Å². The molecule has 1 aliphatic heterocycles. The summed E-state index contributed by atoms with van der Waals surface area (Å²) in [5.41, 5.74) is 2.55. The molecule has 0 saturated heterocycles. The number of hydrogen-bond acceptors (Lipinski definition) is 11. The molecule has 0 radical (unpaired) electrons. The van der Waals surface area contributed by atoms with Crippen LogP contribution in [0.25, 0.3) is 33.4 Å². The van der Waals surface area contributed by atoms with Crippen LogP contribution in [0.5, 0.6) is 0 Å². The van der Waals surface area contributed by atoms with E-state index in [0.717, 1.165) is 50.4 Å². The number of nitrogens with zero attached hydrogens (tertiary/aromatic N) is 5. The van der Waals surface area contributed by atoms with E-state index in [1.54, 1.807) is 0 Å². The molecule has 2 aromatic carbocycles. The second-order valence-corrected chi connectivity index (χ2v) is 17.1. The number of fused-ring (bicyclic) bond motifs is 2. The zero-order chi connectivity index (χ0) is 37.8. The van der Waals surface area contributed by atoms with Gasteiger partial charge in [0.05, 0.1) is 34.3 Å². The predicted octanol–water partition coefficient (Wildman–Crippen LogP) is 5.04. The van der Waals surface area contributed by atoms with Gasteiger partial charge < -0.3 is 18.4 Å². The van der Waals surface area contributed by atoms with E-state index in [2.05, 4.69) is 29.0 Å². The average Bonchev–Trinajstić information content (AvgIpc) is 3.57. The molecule has 0 bridgehead atoms. The van der Waals surface area contributed by atoms with E-state index in [1.807, 2.05) is 64.1 Å². The molecule has 1 aliphatic carbocycles. The number of aromatic nitrogens is 3. The quantitative estimate of drug-likeness (QED) is 0.0615. The molecule has 280 valence electrons. The fourth-order valence-corrected chi connectivity index (χ4v) is 8.62. The molecule has 1 unspecified atom stereocenters. The van der Waals surface area contributed by atoms with Crippen LogP contribution in [0.2, 0.25) is 0 Å². The summed E-state index contributed by atoms with van der Waals surface area (Å²) in [5.74, 6) is 0.460. The Labute approximate surface area is 302 Å². The minimum Gasteiger partial charge on any atom is -0.744 e. The van der Waals surface area contributed by atoms with Crippen molar-refractivity contribution in [3.05, 3.63) is 71.8 Å². The van der Waals surface area contributed by atoms with Crippen LogP contribution in [0.1, 0.15) is 39.8 Å². The Bertz CT molecular complexity index is 2390. The van der Waals surface area contributed by atoms with E-state index in [-0.39, 0.29) is 36.9 Å². The molecule has 0 spiro atoms. The van der Waals surface area contributed by atoms with Crippen LogP contribution in [0.4, 0.5) is 9.88 Å². The zero-order valence-corrected chi connectivity index (χ0v) is 32.1. The van der Waals surface area contributed by atoms with Crippen molar-refractivity contribution >= 4 is 44.5 Å². The second-order valence-electron chi connectivity index (χ2n) is 11.9. The van der Waals surface area contributed by atoms with Gasteiger partial charge in [-0.1, -0.05) is 11.3 Å². The topological polar surface area (TPSA) is 180 Å². The molecule has 52 heavy (non-hydrogen) atoms. The second kappa shape index (κ2) is 15.9. The molecule has 0 fully saturated rings. The smallest absolute Gasteiger partial charge is 0.367 e. The van der Waals surface area contributed by atoms with Crippen molar-refractivity contribution in [2.45, 2.75) is 57.0 Å². The predicted molar refractivity (Wildman–Crippen MR) is 195 cm³/mol. The first-order valence-corrected chi connectivity index (χ1v) is 21.4. The van der Waals surface area contributed by atoms with Crippen LogP contribution in [0.3, 0.4) is 0 Å². The third-order valence-corrected chi connectivity index (χ3v) is 12.5. The highest BCUT2D eigenvalue weighted by molar-refractivity contribution is 7.89. The minimum absolute atomic E-state index is 0.0279. The Morgan fingerprint density at radius 1 is 1.00 bits per heavy atom. The van der Waals surface area contributed by atoms with Gasteiger partial charge in [-0.2, -0.15) is 4.20 Å². The Balaban J connectivity index is 1.58. The summed E-state index contributed by atoms with van der Waals surface area (Å²) in [6.45, 7) is 11.0. The number of rotatable bonds is 16. The minimum atomic E-state index is -5.22. The SMILES string of the molecule is CCN(CC)c1ccc2c(-c3ccc(S(=O)(=O)NCc4cn(CCCP(=O)(F)OC)nn4)cc3S(=O)(=O)[O-])c3ccc(=[N+](CC)CC)cc-3oc2c1. The third kappa shape index (κ3) is 8.62. The van der Waals surface area contributed by atoms with Crippen molar-refractivity contribution < 1.29 is 39.1 Å². The molecule has 14 nitrogen and oxygen atoms in total. The Morgan fingerprint density at radius 3 is 2.37 bits per heavy atom. The standard InChI is InChI=1S/C34H42FN6O8PS2/c1-6-39(7-2)25-11-14-28-31(19-25)49-32-20-26(40(8-3)9-4)12-15-29(32)34(28)30-16-13-27(21-33(30)52(45,46)47)51(43,44)36-22-24-23-41(38-37-24)17-10-18-50(35,42)48-5/h11-16,19-21,23,36H,6-10,17-18,22H2,1-5H3. The molecular formula is C34H42FN6O8PS2. The van der Waals surface area contributed by atoms with Gasteiger partial charge in [-0.3, -0.25) is 9.25 Å². The van der Waals surface area contributed by atoms with Gasteiger partial charge >= 0.3 is 7.68 Å². The van der Waals surface area contributed by atoms with Crippen LogP contribution in [0, 0.1) is 0 Å². The molecular weight excluding hydrogens is 735 g/mol. The zero-order valence-electron chi connectivity index (χ0n) is 29.6. The molecule has 2 aliphatic rings.